The molecule has 5 heterocycles. The summed E-state index contributed by atoms with van der Waals surface area (Å²) in [6.45, 7) is 2.37. The molecule has 1 fully saturated rings. The SMILES string of the molecule is Cc1nn(CCN2C(=O)N(C)N3C4=C(c5ccco5)N=CN(N)C4=NC23)cc1C(N)=O. The third kappa shape index (κ3) is 2.78. The molecule has 3 aliphatic rings. The van der Waals surface area contributed by atoms with Gasteiger partial charge in [0.15, 0.2) is 11.6 Å². The van der Waals surface area contributed by atoms with E-state index in [1.807, 2.05) is 0 Å². The zero-order chi connectivity index (χ0) is 21.9. The number of amidine groups is 1. The number of carbonyl (C=O) groups is 2. The molecule has 0 radical (unpaired) electrons. The Morgan fingerprint density at radius 3 is 2.81 bits per heavy atom. The highest BCUT2D eigenvalue weighted by atomic mass is 16.3. The number of hydrogen-bond acceptors (Lipinski definition) is 9. The van der Waals surface area contributed by atoms with Gasteiger partial charge in [-0.1, -0.05) is 0 Å². The predicted molar refractivity (Wildman–Crippen MR) is 109 cm³/mol. The van der Waals surface area contributed by atoms with Crippen molar-refractivity contribution >= 4 is 29.8 Å². The number of aromatic nitrogens is 2. The lowest BCUT2D eigenvalue weighted by molar-refractivity contribution is 0.0857. The van der Waals surface area contributed by atoms with Crippen LogP contribution >= 0.6 is 0 Å². The number of primary amides is 1. The van der Waals surface area contributed by atoms with Gasteiger partial charge in [0, 0.05) is 19.8 Å². The summed E-state index contributed by atoms with van der Waals surface area (Å²) in [7, 11) is 1.66. The lowest BCUT2D eigenvalue weighted by Gasteiger charge is -2.28. The van der Waals surface area contributed by atoms with Crippen LogP contribution in [0.25, 0.3) is 5.70 Å². The number of rotatable bonds is 5. The second-order valence-corrected chi connectivity index (χ2v) is 7.23. The van der Waals surface area contributed by atoms with Crippen LogP contribution in [0.3, 0.4) is 0 Å². The number of carbonyl (C=O) groups excluding carboxylic acids is 2. The Bertz CT molecular complexity index is 1160. The molecule has 2 aromatic rings. The molecular formula is C18H20N10O3. The molecule has 3 aliphatic heterocycles. The topological polar surface area (TPSA) is 155 Å². The maximum Gasteiger partial charge on any atom is 0.341 e. The Morgan fingerprint density at radius 2 is 2.13 bits per heavy atom. The fraction of sp³-hybridized carbons (Fsp3) is 0.278. The van der Waals surface area contributed by atoms with Crippen LogP contribution in [0.15, 0.2) is 44.7 Å². The molecule has 2 aromatic heterocycles. The number of hydrazine groups is 2. The quantitative estimate of drug-likeness (QED) is 0.627. The van der Waals surface area contributed by atoms with Crippen LogP contribution in [0.2, 0.25) is 0 Å². The molecule has 0 aliphatic carbocycles. The van der Waals surface area contributed by atoms with Gasteiger partial charge in [-0.25, -0.2) is 35.6 Å². The fourth-order valence-electron chi connectivity index (χ4n) is 3.85. The van der Waals surface area contributed by atoms with Gasteiger partial charge in [-0.05, 0) is 19.1 Å². The van der Waals surface area contributed by atoms with Gasteiger partial charge >= 0.3 is 6.03 Å². The number of urea groups is 1. The number of nitrogens with two attached hydrogens (primary N) is 2. The summed E-state index contributed by atoms with van der Waals surface area (Å²) >= 11 is 0. The van der Waals surface area contributed by atoms with Crippen molar-refractivity contribution in [3.63, 3.8) is 0 Å². The molecular weight excluding hydrogens is 404 g/mol. The van der Waals surface area contributed by atoms with E-state index in [1.54, 1.807) is 53.2 Å². The van der Waals surface area contributed by atoms with Gasteiger partial charge < -0.3 is 10.2 Å². The van der Waals surface area contributed by atoms with Crippen molar-refractivity contribution < 1.29 is 14.0 Å². The van der Waals surface area contributed by atoms with E-state index in [9.17, 15) is 9.59 Å². The number of furan rings is 1. The van der Waals surface area contributed by atoms with Crippen LogP contribution in [0.4, 0.5) is 4.79 Å². The third-order valence-electron chi connectivity index (χ3n) is 5.34. The van der Waals surface area contributed by atoms with Crippen molar-refractivity contribution in [2.24, 2.45) is 21.6 Å². The fourth-order valence-corrected chi connectivity index (χ4v) is 3.85. The number of fused-ring (bicyclic) bond motifs is 3. The van der Waals surface area contributed by atoms with Gasteiger partial charge in [0.2, 0.25) is 6.29 Å². The largest absolute Gasteiger partial charge is 0.463 e. The van der Waals surface area contributed by atoms with Crippen LogP contribution in [0.5, 0.6) is 0 Å². The molecule has 0 saturated carbocycles. The van der Waals surface area contributed by atoms with Crippen LogP contribution in [-0.2, 0) is 6.54 Å². The molecule has 13 nitrogen and oxygen atoms in total. The van der Waals surface area contributed by atoms with Crippen LogP contribution in [0.1, 0.15) is 21.8 Å². The molecule has 3 amide bonds. The first-order valence-electron chi connectivity index (χ1n) is 9.48. The second kappa shape index (κ2) is 6.70. The van der Waals surface area contributed by atoms with Gasteiger partial charge in [0.1, 0.15) is 17.7 Å². The first-order chi connectivity index (χ1) is 14.9. The van der Waals surface area contributed by atoms with E-state index in [1.165, 1.54) is 16.4 Å². The number of amides is 3. The van der Waals surface area contributed by atoms with Gasteiger partial charge in [-0.2, -0.15) is 5.10 Å². The van der Waals surface area contributed by atoms with Crippen molar-refractivity contribution in [3.05, 3.63) is 47.3 Å². The molecule has 0 aromatic carbocycles. The predicted octanol–water partition coefficient (Wildman–Crippen LogP) is -0.250. The van der Waals surface area contributed by atoms with E-state index < -0.39 is 12.2 Å². The van der Waals surface area contributed by atoms with Crippen molar-refractivity contribution in [1.29, 1.82) is 0 Å². The van der Waals surface area contributed by atoms with Gasteiger partial charge in [0.25, 0.3) is 5.91 Å². The summed E-state index contributed by atoms with van der Waals surface area (Å²) in [5.74, 6) is 6.53. The Morgan fingerprint density at radius 1 is 1.32 bits per heavy atom. The highest BCUT2D eigenvalue weighted by Crippen LogP contribution is 2.38. The van der Waals surface area contributed by atoms with E-state index in [-0.39, 0.29) is 6.03 Å². The number of aliphatic imine (C=N–C) groups is 2. The Labute approximate surface area is 176 Å². The minimum absolute atomic E-state index is 0.240. The molecule has 0 bridgehead atoms. The number of nitrogens with zero attached hydrogens (tertiary/aromatic N) is 8. The maximum atomic E-state index is 13.0. The first kappa shape index (κ1) is 18.9. The van der Waals surface area contributed by atoms with Crippen molar-refractivity contribution in [1.82, 2.24) is 29.7 Å². The van der Waals surface area contributed by atoms with E-state index in [4.69, 9.17) is 16.0 Å². The summed E-state index contributed by atoms with van der Waals surface area (Å²) in [6, 6.07) is 3.30. The lowest BCUT2D eigenvalue weighted by Crippen LogP contribution is -2.44. The lowest BCUT2D eigenvalue weighted by atomic mass is 10.2. The van der Waals surface area contributed by atoms with Crippen LogP contribution in [-0.4, -0.2) is 73.7 Å². The normalized spacial score (nSPS) is 20.0. The standard InChI is InChI=1S/C18H20N10O3/c1-10-11(15(19)29)8-25(23-10)5-6-26-17-22-16-14(28(17)24(2)18(26)30)13(21-9-27(16)20)12-4-3-7-31-12/h3-4,7-9,17H,5-6,20H2,1-2H3,(H2,19,29). The summed E-state index contributed by atoms with van der Waals surface area (Å²) < 4.78 is 7.10. The van der Waals surface area contributed by atoms with Gasteiger partial charge in [0.05, 0.1) is 24.1 Å². The van der Waals surface area contributed by atoms with E-state index in [2.05, 4.69) is 15.1 Å². The highest BCUT2D eigenvalue weighted by Gasteiger charge is 2.51. The molecule has 13 heteroatoms. The summed E-state index contributed by atoms with van der Waals surface area (Å²) in [4.78, 5) is 35.1. The molecule has 5 rings (SSSR count). The molecule has 160 valence electrons. The zero-order valence-electron chi connectivity index (χ0n) is 16.8. The van der Waals surface area contributed by atoms with Gasteiger partial charge in [-0.3, -0.25) is 14.4 Å². The summed E-state index contributed by atoms with van der Waals surface area (Å²) in [5, 5.41) is 8.81. The number of hydrogen-bond donors (Lipinski definition) is 2. The van der Waals surface area contributed by atoms with E-state index >= 15 is 0 Å². The average Bonchev–Trinajstić information content (AvgIpc) is 3.49. The van der Waals surface area contributed by atoms with E-state index in [0.29, 0.717) is 47.3 Å². The minimum Gasteiger partial charge on any atom is -0.463 e. The Balaban J connectivity index is 1.46. The van der Waals surface area contributed by atoms with E-state index in [0.717, 1.165) is 0 Å². The first-order valence-corrected chi connectivity index (χ1v) is 9.48. The molecule has 1 saturated heterocycles. The molecule has 1 atom stereocenters. The zero-order valence-corrected chi connectivity index (χ0v) is 16.8. The Hall–Kier alpha value is -4.13. The van der Waals surface area contributed by atoms with Crippen molar-refractivity contribution in [2.45, 2.75) is 19.8 Å². The molecule has 31 heavy (non-hydrogen) atoms. The smallest absolute Gasteiger partial charge is 0.341 e. The third-order valence-corrected chi connectivity index (χ3v) is 5.34. The van der Waals surface area contributed by atoms with Crippen LogP contribution < -0.4 is 11.6 Å². The molecule has 1 unspecified atom stereocenters. The van der Waals surface area contributed by atoms with Crippen LogP contribution in [0, 0.1) is 6.92 Å². The summed E-state index contributed by atoms with van der Waals surface area (Å²) in [6.07, 6.45) is 3.94. The molecule has 4 N–H and O–H groups in total. The molecule has 0 spiro atoms. The summed E-state index contributed by atoms with van der Waals surface area (Å²) in [5.41, 5.74) is 7.36. The minimum atomic E-state index is -0.632. The van der Waals surface area contributed by atoms with Crippen molar-refractivity contribution in [2.75, 3.05) is 13.6 Å². The average molecular weight is 424 g/mol. The monoisotopic (exact) mass is 424 g/mol. The van der Waals surface area contributed by atoms with Gasteiger partial charge in [-0.15, -0.1) is 0 Å². The highest BCUT2D eigenvalue weighted by molar-refractivity contribution is 6.12. The second-order valence-electron chi connectivity index (χ2n) is 7.23. The number of aryl methyl sites for hydroxylation is 1. The maximum absolute atomic E-state index is 13.0. The van der Waals surface area contributed by atoms with Crippen molar-refractivity contribution in [3.8, 4) is 0 Å². The Kier molecular flexibility index (Phi) is 4.08.